The van der Waals surface area contributed by atoms with Crippen molar-refractivity contribution in [3.63, 3.8) is 0 Å². The van der Waals surface area contributed by atoms with Gasteiger partial charge >= 0.3 is 27.9 Å². The van der Waals surface area contributed by atoms with E-state index in [0.29, 0.717) is 0 Å². The SMILES string of the molecule is O[B]Oc1nc(B(O)O)nc(B(O)O)n1. The molecule has 0 saturated heterocycles. The van der Waals surface area contributed by atoms with Crippen LogP contribution in [0, 0.1) is 0 Å². The summed E-state index contributed by atoms with van der Waals surface area (Å²) < 4.78 is 4.31. The lowest BCUT2D eigenvalue weighted by atomic mass is 9.87. The van der Waals surface area contributed by atoms with Crippen LogP contribution in [0.2, 0.25) is 0 Å². The van der Waals surface area contributed by atoms with Gasteiger partial charge in [0.25, 0.3) is 0 Å². The minimum atomic E-state index is -2.02. The molecule has 5 N–H and O–H groups in total. The van der Waals surface area contributed by atoms with E-state index < -0.39 is 31.7 Å². The Balaban J connectivity index is 3.08. The first-order valence-corrected chi connectivity index (χ1v) is 3.65. The van der Waals surface area contributed by atoms with Crippen molar-refractivity contribution in [2.45, 2.75) is 0 Å². The smallest absolute Gasteiger partial charge is 0.509 e. The molecule has 0 saturated carbocycles. The van der Waals surface area contributed by atoms with Crippen molar-refractivity contribution >= 4 is 33.4 Å². The van der Waals surface area contributed by atoms with Gasteiger partial charge in [0, 0.05) is 0 Å². The molecule has 0 aliphatic rings. The second-order valence-electron chi connectivity index (χ2n) is 2.30. The Labute approximate surface area is 85.0 Å². The number of rotatable bonds is 4. The van der Waals surface area contributed by atoms with Gasteiger partial charge in [-0.25, -0.2) is 4.98 Å². The molecule has 9 nitrogen and oxygen atoms in total. The Bertz CT molecular complexity index is 310. The molecule has 0 bridgehead atoms. The molecule has 77 valence electrons. The van der Waals surface area contributed by atoms with Gasteiger partial charge in [0.2, 0.25) is 0 Å². The molecule has 1 heterocycles. The van der Waals surface area contributed by atoms with E-state index >= 15 is 0 Å². The Morgan fingerprint density at radius 2 is 1.40 bits per heavy atom. The molecule has 12 heteroatoms. The van der Waals surface area contributed by atoms with Crippen LogP contribution in [0.3, 0.4) is 0 Å². The number of hydrogen-bond donors (Lipinski definition) is 5. The molecule has 0 unspecified atom stereocenters. The minimum absolute atomic E-state index is 0.246. The Morgan fingerprint density at radius 3 is 1.73 bits per heavy atom. The molecule has 0 amide bonds. The van der Waals surface area contributed by atoms with Crippen LogP contribution in [0.1, 0.15) is 0 Å². The van der Waals surface area contributed by atoms with Crippen LogP contribution in [0.5, 0.6) is 6.01 Å². The Kier molecular flexibility index (Phi) is 4.00. The van der Waals surface area contributed by atoms with Gasteiger partial charge in [0.1, 0.15) is 0 Å². The molecule has 1 radical (unpaired) electrons. The standard InChI is InChI=1S/C3H5B3N3O6/c10-4-15-3-8-1(5(11)12)7-2(9-3)6(13)14/h10-14H. The normalized spacial score (nSPS) is 9.67. The average Bonchev–Trinajstić information content (AvgIpc) is 2.17. The van der Waals surface area contributed by atoms with Gasteiger partial charge in [-0.1, -0.05) is 0 Å². The summed E-state index contributed by atoms with van der Waals surface area (Å²) in [6, 6.07) is -0.501. The summed E-state index contributed by atoms with van der Waals surface area (Å²) in [5, 5.41) is 43.2. The van der Waals surface area contributed by atoms with E-state index in [9.17, 15) is 0 Å². The van der Waals surface area contributed by atoms with Gasteiger partial charge in [0.15, 0.2) is 11.4 Å². The summed E-state index contributed by atoms with van der Waals surface area (Å²) in [5.74, 6) is 0. The molecule has 0 aliphatic carbocycles. The van der Waals surface area contributed by atoms with Gasteiger partial charge in [-0.15, -0.1) is 0 Å². The van der Waals surface area contributed by atoms with Crippen LogP contribution in [0.15, 0.2) is 0 Å². The Morgan fingerprint density at radius 1 is 0.933 bits per heavy atom. The lowest BCUT2D eigenvalue weighted by molar-refractivity contribution is 0.408. The molecule has 1 rings (SSSR count). The van der Waals surface area contributed by atoms with Crippen molar-refractivity contribution in [1.29, 1.82) is 0 Å². The van der Waals surface area contributed by atoms with E-state index in [1.165, 1.54) is 0 Å². The maximum atomic E-state index is 8.73. The van der Waals surface area contributed by atoms with Crippen molar-refractivity contribution in [3.8, 4) is 6.01 Å². The fourth-order valence-corrected chi connectivity index (χ4v) is 0.719. The van der Waals surface area contributed by atoms with Gasteiger partial charge in [0.05, 0.1) is 0 Å². The summed E-state index contributed by atoms with van der Waals surface area (Å²) in [6.45, 7) is 0. The second-order valence-corrected chi connectivity index (χ2v) is 2.30. The third kappa shape index (κ3) is 3.14. The molecule has 0 atom stereocenters. The topological polar surface area (TPSA) is 149 Å². The first kappa shape index (κ1) is 11.9. The van der Waals surface area contributed by atoms with Crippen LogP contribution in [0.25, 0.3) is 0 Å². The van der Waals surface area contributed by atoms with Crippen LogP contribution >= 0.6 is 0 Å². The highest BCUT2D eigenvalue weighted by Gasteiger charge is 2.23. The molecule has 15 heavy (non-hydrogen) atoms. The summed E-state index contributed by atoms with van der Waals surface area (Å²) in [6.07, 6.45) is 0. The fourth-order valence-electron chi connectivity index (χ4n) is 0.719. The van der Waals surface area contributed by atoms with E-state index in [-0.39, 0.29) is 7.69 Å². The third-order valence-electron chi connectivity index (χ3n) is 1.27. The molecular weight excluding hydrogens is 206 g/mol. The monoisotopic (exact) mass is 212 g/mol. The fraction of sp³-hybridized carbons (Fsp3) is 0. The van der Waals surface area contributed by atoms with Crippen molar-refractivity contribution in [2.75, 3.05) is 0 Å². The molecule has 1 aromatic rings. The van der Waals surface area contributed by atoms with Crippen molar-refractivity contribution in [1.82, 2.24) is 15.0 Å². The van der Waals surface area contributed by atoms with Crippen LogP contribution in [-0.4, -0.2) is 62.0 Å². The lowest BCUT2D eigenvalue weighted by Gasteiger charge is -2.05. The first-order valence-electron chi connectivity index (χ1n) is 3.65. The summed E-state index contributed by atoms with van der Waals surface area (Å²) in [4.78, 5) is 10.0. The van der Waals surface area contributed by atoms with Crippen LogP contribution < -0.4 is 16.1 Å². The summed E-state index contributed by atoms with van der Waals surface area (Å²) >= 11 is 0. The molecular formula is C3H5B3N3O6. The van der Waals surface area contributed by atoms with Gasteiger partial charge in [-0.2, -0.15) is 9.97 Å². The van der Waals surface area contributed by atoms with Crippen LogP contribution in [0.4, 0.5) is 0 Å². The zero-order chi connectivity index (χ0) is 11.4. The molecule has 0 spiro atoms. The molecule has 0 fully saturated rings. The largest absolute Gasteiger partial charge is 0.571 e. The average molecular weight is 212 g/mol. The molecule has 0 aromatic carbocycles. The van der Waals surface area contributed by atoms with E-state index in [1.54, 1.807) is 0 Å². The first-order chi connectivity index (χ1) is 7.04. The highest BCUT2D eigenvalue weighted by molar-refractivity contribution is 6.59. The van der Waals surface area contributed by atoms with Gasteiger partial charge < -0.3 is 29.8 Å². The lowest BCUT2D eigenvalue weighted by Crippen LogP contribution is -2.46. The van der Waals surface area contributed by atoms with Crippen molar-refractivity contribution < 1.29 is 29.8 Å². The predicted octanol–water partition coefficient (Wildman–Crippen LogP) is -5.86. The predicted molar refractivity (Wildman–Crippen MR) is 48.1 cm³/mol. The van der Waals surface area contributed by atoms with Gasteiger partial charge in [-0.3, -0.25) is 0 Å². The van der Waals surface area contributed by atoms with E-state index in [1.807, 2.05) is 0 Å². The zero-order valence-electron chi connectivity index (χ0n) is 7.22. The van der Waals surface area contributed by atoms with E-state index in [2.05, 4.69) is 19.6 Å². The number of nitrogens with zero attached hydrogens (tertiary/aromatic N) is 3. The van der Waals surface area contributed by atoms with E-state index in [0.717, 1.165) is 0 Å². The summed E-state index contributed by atoms with van der Waals surface area (Å²) in [5.41, 5.74) is -1.07. The second kappa shape index (κ2) is 5.05. The molecule has 1 aromatic heterocycles. The highest BCUT2D eigenvalue weighted by Crippen LogP contribution is 1.92. The maximum Gasteiger partial charge on any atom is 0.571 e. The minimum Gasteiger partial charge on any atom is -0.509 e. The van der Waals surface area contributed by atoms with Crippen molar-refractivity contribution in [2.24, 2.45) is 0 Å². The molecule has 0 aliphatic heterocycles. The number of hydrogen-bond acceptors (Lipinski definition) is 9. The van der Waals surface area contributed by atoms with Crippen molar-refractivity contribution in [3.05, 3.63) is 0 Å². The number of aromatic nitrogens is 3. The maximum absolute atomic E-state index is 8.73. The third-order valence-corrected chi connectivity index (χ3v) is 1.27. The summed E-state index contributed by atoms with van der Waals surface area (Å²) in [7, 11) is -3.80. The Hall–Kier alpha value is -1.20. The van der Waals surface area contributed by atoms with Crippen LogP contribution in [-0.2, 0) is 0 Å². The quantitative estimate of drug-likeness (QED) is 0.307. The highest BCUT2D eigenvalue weighted by atomic mass is 16.5. The zero-order valence-corrected chi connectivity index (χ0v) is 7.22. The van der Waals surface area contributed by atoms with E-state index in [4.69, 9.17) is 25.1 Å². The van der Waals surface area contributed by atoms with Gasteiger partial charge in [-0.05, 0) is 0 Å².